The number of rotatable bonds is 3. The van der Waals surface area contributed by atoms with E-state index in [0.717, 1.165) is 45.2 Å². The van der Waals surface area contributed by atoms with Gasteiger partial charge in [-0.2, -0.15) is 0 Å². The van der Waals surface area contributed by atoms with Gasteiger partial charge in [-0.1, -0.05) is 6.92 Å². The van der Waals surface area contributed by atoms with Gasteiger partial charge in [0.25, 0.3) is 0 Å². The number of nitrogens with zero attached hydrogens (tertiary/aromatic N) is 1. The lowest BCUT2D eigenvalue weighted by Gasteiger charge is -2.41. The van der Waals surface area contributed by atoms with Gasteiger partial charge in [-0.15, -0.1) is 0 Å². The van der Waals surface area contributed by atoms with Crippen LogP contribution < -0.4 is 5.32 Å². The molecule has 0 spiro atoms. The maximum absolute atomic E-state index is 12.9. The average molecular weight is 282 g/mol. The molecule has 2 fully saturated rings. The van der Waals surface area contributed by atoms with Crippen molar-refractivity contribution in [3.8, 4) is 0 Å². The molecule has 5 heteroatoms. The summed E-state index contributed by atoms with van der Waals surface area (Å²) < 4.78 is 5.14. The van der Waals surface area contributed by atoms with E-state index in [-0.39, 0.29) is 23.3 Å². The third-order valence-electron chi connectivity index (χ3n) is 4.55. The summed E-state index contributed by atoms with van der Waals surface area (Å²) in [7, 11) is 0. The van der Waals surface area contributed by atoms with Gasteiger partial charge >= 0.3 is 5.97 Å². The summed E-state index contributed by atoms with van der Waals surface area (Å²) in [4.78, 5) is 26.7. The van der Waals surface area contributed by atoms with Crippen LogP contribution in [0, 0.1) is 5.41 Å². The van der Waals surface area contributed by atoms with Crippen LogP contribution in [0.3, 0.4) is 0 Å². The quantitative estimate of drug-likeness (QED) is 0.793. The van der Waals surface area contributed by atoms with E-state index in [1.807, 2.05) is 6.92 Å². The van der Waals surface area contributed by atoms with Gasteiger partial charge in [-0.3, -0.25) is 4.79 Å². The smallest absolute Gasteiger partial charge is 0.328 e. The fourth-order valence-electron chi connectivity index (χ4n) is 3.20. The number of ether oxygens (including phenoxy) is 1. The number of esters is 1. The first-order valence-corrected chi connectivity index (χ1v) is 7.77. The van der Waals surface area contributed by atoms with Crippen LogP contribution in [0.15, 0.2) is 0 Å². The van der Waals surface area contributed by atoms with Crippen LogP contribution >= 0.6 is 0 Å². The molecule has 1 unspecified atom stereocenters. The zero-order valence-electron chi connectivity index (χ0n) is 12.6. The van der Waals surface area contributed by atoms with Crippen molar-refractivity contribution in [2.45, 2.75) is 52.0 Å². The molecule has 0 aliphatic carbocycles. The number of amides is 1. The molecule has 5 nitrogen and oxygen atoms in total. The Kier molecular flexibility index (Phi) is 5.02. The van der Waals surface area contributed by atoms with Crippen LogP contribution in [0.2, 0.25) is 0 Å². The van der Waals surface area contributed by atoms with Gasteiger partial charge in [0.2, 0.25) is 5.91 Å². The molecular formula is C15H26N2O3. The second-order valence-electron chi connectivity index (χ2n) is 6.07. The van der Waals surface area contributed by atoms with Crippen LogP contribution in [-0.2, 0) is 14.3 Å². The Morgan fingerprint density at radius 2 is 2.00 bits per heavy atom. The Hall–Kier alpha value is -1.10. The number of hydrogen-bond acceptors (Lipinski definition) is 4. The summed E-state index contributed by atoms with van der Waals surface area (Å²) in [5, 5.41) is 3.29. The van der Waals surface area contributed by atoms with E-state index < -0.39 is 0 Å². The first-order chi connectivity index (χ1) is 9.58. The Balaban J connectivity index is 2.10. The van der Waals surface area contributed by atoms with Gasteiger partial charge in [0.05, 0.1) is 6.61 Å². The number of hydrogen-bond donors (Lipinski definition) is 1. The van der Waals surface area contributed by atoms with Gasteiger partial charge in [0, 0.05) is 12.0 Å². The second kappa shape index (κ2) is 6.57. The predicted octanol–water partition coefficient (Wildman–Crippen LogP) is 1.32. The molecule has 20 heavy (non-hydrogen) atoms. The molecule has 0 bridgehead atoms. The maximum atomic E-state index is 12.9. The van der Waals surface area contributed by atoms with Crippen molar-refractivity contribution in [2.75, 3.05) is 26.2 Å². The number of likely N-dealkylation sites (tertiary alicyclic amines) is 1. The third kappa shape index (κ3) is 3.14. The largest absolute Gasteiger partial charge is 0.464 e. The first kappa shape index (κ1) is 15.3. The molecule has 1 amide bonds. The normalized spacial score (nSPS) is 26.1. The lowest BCUT2D eigenvalue weighted by atomic mass is 9.79. The van der Waals surface area contributed by atoms with E-state index in [1.165, 1.54) is 0 Å². The van der Waals surface area contributed by atoms with Gasteiger partial charge < -0.3 is 15.0 Å². The van der Waals surface area contributed by atoms with E-state index in [4.69, 9.17) is 4.74 Å². The fourth-order valence-corrected chi connectivity index (χ4v) is 3.20. The van der Waals surface area contributed by atoms with E-state index in [2.05, 4.69) is 5.32 Å². The Labute approximate surface area is 121 Å². The van der Waals surface area contributed by atoms with E-state index in [9.17, 15) is 9.59 Å². The minimum absolute atomic E-state index is 0.136. The van der Waals surface area contributed by atoms with Crippen LogP contribution in [-0.4, -0.2) is 49.1 Å². The molecule has 2 heterocycles. The zero-order valence-corrected chi connectivity index (χ0v) is 12.6. The van der Waals surface area contributed by atoms with Crippen LogP contribution in [0.5, 0.6) is 0 Å². The lowest BCUT2D eigenvalue weighted by molar-refractivity contribution is -0.161. The molecule has 0 radical (unpaired) electrons. The third-order valence-corrected chi connectivity index (χ3v) is 4.55. The highest BCUT2D eigenvalue weighted by Gasteiger charge is 2.42. The minimum atomic E-state index is -0.372. The molecular weight excluding hydrogens is 256 g/mol. The van der Waals surface area contributed by atoms with Crippen LogP contribution in [0.25, 0.3) is 0 Å². The second-order valence-corrected chi connectivity index (χ2v) is 6.07. The van der Waals surface area contributed by atoms with E-state index in [1.54, 1.807) is 11.8 Å². The highest BCUT2D eigenvalue weighted by molar-refractivity contribution is 5.88. The monoisotopic (exact) mass is 282 g/mol. The standard InChI is InChI=1S/C15H26N2O3/c1-3-20-13(18)12-6-4-5-11-17(12)14(19)15(2)7-9-16-10-8-15/h12,16H,3-11H2,1-2H3. The average Bonchev–Trinajstić information content (AvgIpc) is 2.47. The van der Waals surface area contributed by atoms with Crippen molar-refractivity contribution < 1.29 is 14.3 Å². The molecule has 0 aromatic heterocycles. The van der Waals surface area contributed by atoms with Crippen molar-refractivity contribution >= 4 is 11.9 Å². The summed E-state index contributed by atoms with van der Waals surface area (Å²) >= 11 is 0. The molecule has 1 atom stereocenters. The predicted molar refractivity (Wildman–Crippen MR) is 76.2 cm³/mol. The number of piperidine rings is 2. The molecule has 2 aliphatic rings. The number of nitrogens with one attached hydrogen (secondary N) is 1. The summed E-state index contributed by atoms with van der Waals surface area (Å²) in [6.07, 6.45) is 4.40. The van der Waals surface area contributed by atoms with Crippen LogP contribution in [0.1, 0.15) is 46.0 Å². The van der Waals surface area contributed by atoms with Gasteiger partial charge in [0.1, 0.15) is 6.04 Å². The SMILES string of the molecule is CCOC(=O)C1CCCCN1C(=O)C1(C)CCNCC1. The highest BCUT2D eigenvalue weighted by Crippen LogP contribution is 2.33. The summed E-state index contributed by atoms with van der Waals surface area (Å²) in [5.41, 5.74) is -0.326. The topological polar surface area (TPSA) is 58.6 Å². The van der Waals surface area contributed by atoms with E-state index in [0.29, 0.717) is 13.2 Å². The molecule has 114 valence electrons. The number of carbonyl (C=O) groups excluding carboxylic acids is 2. The number of carbonyl (C=O) groups is 2. The van der Waals surface area contributed by atoms with Crippen molar-refractivity contribution in [1.82, 2.24) is 10.2 Å². The molecule has 2 rings (SSSR count). The molecule has 1 N–H and O–H groups in total. The van der Waals surface area contributed by atoms with Crippen molar-refractivity contribution in [1.29, 1.82) is 0 Å². The Bertz CT molecular complexity index is 364. The summed E-state index contributed by atoms with van der Waals surface area (Å²) in [5.74, 6) is -0.102. The van der Waals surface area contributed by atoms with Crippen molar-refractivity contribution in [3.05, 3.63) is 0 Å². The maximum Gasteiger partial charge on any atom is 0.328 e. The van der Waals surface area contributed by atoms with Gasteiger partial charge in [0.15, 0.2) is 0 Å². The first-order valence-electron chi connectivity index (χ1n) is 7.77. The minimum Gasteiger partial charge on any atom is -0.464 e. The molecule has 2 saturated heterocycles. The van der Waals surface area contributed by atoms with E-state index >= 15 is 0 Å². The summed E-state index contributed by atoms with van der Waals surface area (Å²) in [6, 6.07) is -0.372. The molecule has 0 saturated carbocycles. The molecule has 0 aromatic rings. The van der Waals surface area contributed by atoms with Crippen LogP contribution in [0.4, 0.5) is 0 Å². The zero-order chi connectivity index (χ0) is 14.6. The van der Waals surface area contributed by atoms with Gasteiger partial charge in [-0.25, -0.2) is 4.79 Å². The van der Waals surface area contributed by atoms with Crippen molar-refractivity contribution in [2.24, 2.45) is 5.41 Å². The van der Waals surface area contributed by atoms with Crippen molar-refractivity contribution in [3.63, 3.8) is 0 Å². The molecule has 0 aromatic carbocycles. The Morgan fingerprint density at radius 3 is 2.65 bits per heavy atom. The Morgan fingerprint density at radius 1 is 1.30 bits per heavy atom. The fraction of sp³-hybridized carbons (Fsp3) is 0.867. The molecule has 2 aliphatic heterocycles. The highest BCUT2D eigenvalue weighted by atomic mass is 16.5. The lowest BCUT2D eigenvalue weighted by Crippen LogP contribution is -2.55. The van der Waals surface area contributed by atoms with Gasteiger partial charge in [-0.05, 0) is 52.1 Å². The summed E-state index contributed by atoms with van der Waals surface area (Å²) in [6.45, 7) is 6.65.